The van der Waals surface area contributed by atoms with E-state index < -0.39 is 51.7 Å². The summed E-state index contributed by atoms with van der Waals surface area (Å²) in [5.74, 6) is -4.32. The molecule has 0 aliphatic carbocycles. The molecule has 34 heavy (non-hydrogen) atoms. The third-order valence-corrected chi connectivity index (χ3v) is 5.40. The Balaban J connectivity index is 1.97. The molecular formula is C22H24F2N4O6. The van der Waals surface area contributed by atoms with Gasteiger partial charge in [0.1, 0.15) is 24.8 Å². The number of ketones is 1. The van der Waals surface area contributed by atoms with Crippen molar-refractivity contribution in [2.75, 3.05) is 45.5 Å². The molecule has 2 heterocycles. The van der Waals surface area contributed by atoms with Gasteiger partial charge in [-0.15, -0.1) is 0 Å². The maximum absolute atomic E-state index is 13.9. The van der Waals surface area contributed by atoms with E-state index in [1.54, 1.807) is 0 Å². The van der Waals surface area contributed by atoms with Crippen molar-refractivity contribution in [2.45, 2.75) is 12.8 Å². The molecule has 2 N–H and O–H groups in total. The number of methoxy groups -OCH3 is 1. The summed E-state index contributed by atoms with van der Waals surface area (Å²) in [5, 5.41) is 14.4. The number of halogens is 2. The van der Waals surface area contributed by atoms with Crippen molar-refractivity contribution in [3.05, 3.63) is 63.1 Å². The first-order chi connectivity index (χ1) is 16.2. The highest BCUT2D eigenvalue weighted by Gasteiger charge is 2.34. The van der Waals surface area contributed by atoms with Crippen molar-refractivity contribution in [1.82, 2.24) is 14.9 Å². The van der Waals surface area contributed by atoms with Crippen molar-refractivity contribution in [2.24, 2.45) is 0 Å². The number of pyridine rings is 1. The number of fused-ring (bicyclic) bond motifs is 1. The van der Waals surface area contributed by atoms with Crippen LogP contribution < -0.4 is 15.8 Å². The number of nitrogens with one attached hydrogen (secondary N) is 1. The lowest BCUT2D eigenvalue weighted by molar-refractivity contribution is -0.119. The Hall–Kier alpha value is -3.80. The number of likely N-dealkylation sites (N-methyl/N-ethyl adjacent to an activating group) is 1. The van der Waals surface area contributed by atoms with Crippen LogP contribution in [-0.2, 0) is 16.0 Å². The average molecular weight is 478 g/mol. The van der Waals surface area contributed by atoms with Gasteiger partial charge < -0.3 is 20.1 Å². The number of Topliss-reactive ketones (excluding diaryl/α,β-unsaturated/α-hetero) is 1. The first-order valence-electron chi connectivity index (χ1n) is 10.4. The second-order valence-electron chi connectivity index (χ2n) is 7.61. The maximum atomic E-state index is 13.9. The van der Waals surface area contributed by atoms with Crippen LogP contribution >= 0.6 is 0 Å². The second kappa shape index (κ2) is 10.4. The molecule has 0 bridgehead atoms. The number of aryl methyl sites for hydroxylation is 1. The molecule has 0 spiro atoms. The van der Waals surface area contributed by atoms with Crippen LogP contribution in [0.5, 0.6) is 5.75 Å². The monoisotopic (exact) mass is 478 g/mol. The van der Waals surface area contributed by atoms with Gasteiger partial charge in [0.15, 0.2) is 17.2 Å². The fourth-order valence-corrected chi connectivity index (χ4v) is 3.54. The number of carbonyl (C=O) groups is 3. The molecule has 0 unspecified atom stereocenters. The number of rotatable bonds is 9. The van der Waals surface area contributed by atoms with E-state index in [1.807, 2.05) is 0 Å². The van der Waals surface area contributed by atoms with Gasteiger partial charge in [0.2, 0.25) is 11.3 Å². The molecule has 182 valence electrons. The number of carbonyl (C=O) groups excluding carboxylic acids is 3. The highest BCUT2D eigenvalue weighted by molar-refractivity contribution is 6.00. The molecule has 0 saturated heterocycles. The van der Waals surface area contributed by atoms with Crippen LogP contribution in [0.1, 0.15) is 32.8 Å². The fourth-order valence-electron chi connectivity index (χ4n) is 3.54. The van der Waals surface area contributed by atoms with E-state index in [2.05, 4.69) is 5.32 Å². The molecule has 1 aliphatic rings. The van der Waals surface area contributed by atoms with E-state index >= 15 is 0 Å². The molecule has 2 aromatic rings. The predicted octanol–water partition coefficient (Wildman–Crippen LogP) is 0.391. The number of ether oxygens (including phenoxy) is 1. The Kier molecular flexibility index (Phi) is 7.61. The zero-order chi connectivity index (χ0) is 25.0. The number of hydrogen-bond acceptors (Lipinski definition) is 7. The standard InChI is InChI=1S/C22H24F2N4O6/c1-25-18(30)11-27-12-26(7-8-34-2)22(33)19-21(32)20(31)15(10-28(19)27)17(29)6-4-13-3-5-14(23)9-16(13)24/h3,5,9-10,32H,4,6-8,11-12H2,1-2H3,(H,25,30). The van der Waals surface area contributed by atoms with Crippen LogP contribution in [0.3, 0.4) is 0 Å². The van der Waals surface area contributed by atoms with Crippen molar-refractivity contribution in [3.63, 3.8) is 0 Å². The fraction of sp³-hybridized carbons (Fsp3) is 0.364. The van der Waals surface area contributed by atoms with E-state index in [1.165, 1.54) is 30.1 Å². The van der Waals surface area contributed by atoms with E-state index in [9.17, 15) is 33.1 Å². The van der Waals surface area contributed by atoms with Crippen LogP contribution in [0.15, 0.2) is 29.2 Å². The summed E-state index contributed by atoms with van der Waals surface area (Å²) in [6.45, 7) is 0.00846. The highest BCUT2D eigenvalue weighted by atomic mass is 19.1. The van der Waals surface area contributed by atoms with Gasteiger partial charge in [0, 0.05) is 39.4 Å². The predicted molar refractivity (Wildman–Crippen MR) is 116 cm³/mol. The summed E-state index contributed by atoms with van der Waals surface area (Å²) in [6.07, 6.45) is 0.674. The van der Waals surface area contributed by atoms with Crippen LogP contribution in [0.4, 0.5) is 8.78 Å². The molecule has 0 saturated carbocycles. The Morgan fingerprint density at radius 2 is 1.97 bits per heavy atom. The van der Waals surface area contributed by atoms with Crippen molar-refractivity contribution in [1.29, 1.82) is 0 Å². The largest absolute Gasteiger partial charge is 0.502 e. The minimum Gasteiger partial charge on any atom is -0.502 e. The van der Waals surface area contributed by atoms with Crippen molar-refractivity contribution >= 4 is 17.6 Å². The molecule has 0 atom stereocenters. The van der Waals surface area contributed by atoms with Gasteiger partial charge in [-0.25, -0.2) is 8.78 Å². The minimum absolute atomic E-state index is 0.0701. The lowest BCUT2D eigenvalue weighted by Crippen LogP contribution is -2.57. The van der Waals surface area contributed by atoms with Gasteiger partial charge in [-0.3, -0.25) is 28.9 Å². The first-order valence-corrected chi connectivity index (χ1v) is 10.4. The average Bonchev–Trinajstić information content (AvgIpc) is 2.80. The Morgan fingerprint density at radius 3 is 2.62 bits per heavy atom. The quantitative estimate of drug-likeness (QED) is 0.500. The molecule has 1 aromatic heterocycles. The van der Waals surface area contributed by atoms with Crippen LogP contribution in [0.2, 0.25) is 0 Å². The number of hydrogen-bond donors (Lipinski definition) is 2. The summed E-state index contributed by atoms with van der Waals surface area (Å²) in [6, 6.07) is 2.95. The van der Waals surface area contributed by atoms with Crippen molar-refractivity contribution in [3.8, 4) is 5.75 Å². The molecule has 1 aliphatic heterocycles. The molecular weight excluding hydrogens is 454 g/mol. The third kappa shape index (κ3) is 5.06. The van der Waals surface area contributed by atoms with Gasteiger partial charge in [-0.2, -0.15) is 0 Å². The summed E-state index contributed by atoms with van der Waals surface area (Å²) in [5.41, 5.74) is -1.79. The Bertz CT molecular complexity index is 1180. The molecule has 3 rings (SSSR count). The second-order valence-corrected chi connectivity index (χ2v) is 7.61. The lowest BCUT2D eigenvalue weighted by Gasteiger charge is -2.39. The first kappa shape index (κ1) is 24.8. The van der Waals surface area contributed by atoms with E-state index in [0.717, 1.165) is 16.9 Å². The zero-order valence-electron chi connectivity index (χ0n) is 18.6. The minimum atomic E-state index is -1.06. The van der Waals surface area contributed by atoms with E-state index in [-0.39, 0.29) is 44.8 Å². The Morgan fingerprint density at radius 1 is 1.24 bits per heavy atom. The number of amides is 2. The zero-order valence-corrected chi connectivity index (χ0v) is 18.6. The number of nitrogens with zero attached hydrogens (tertiary/aromatic N) is 3. The summed E-state index contributed by atoms with van der Waals surface area (Å²) in [7, 11) is 2.87. The number of benzene rings is 1. The Labute approximate surface area is 193 Å². The topological polar surface area (TPSA) is 121 Å². The number of aromatic nitrogens is 1. The third-order valence-electron chi connectivity index (χ3n) is 5.40. The van der Waals surface area contributed by atoms with Crippen LogP contribution in [0.25, 0.3) is 0 Å². The summed E-state index contributed by atoms with van der Waals surface area (Å²) in [4.78, 5) is 51.8. The molecule has 2 amide bonds. The summed E-state index contributed by atoms with van der Waals surface area (Å²) < 4.78 is 33.1. The van der Waals surface area contributed by atoms with Gasteiger partial charge >= 0.3 is 0 Å². The van der Waals surface area contributed by atoms with Crippen LogP contribution in [-0.4, -0.2) is 72.8 Å². The summed E-state index contributed by atoms with van der Waals surface area (Å²) >= 11 is 0. The molecule has 12 heteroatoms. The lowest BCUT2D eigenvalue weighted by atomic mass is 10.0. The molecule has 1 aromatic carbocycles. The SMILES string of the molecule is CNC(=O)CN1CN(CCOC)C(=O)c2c(O)c(=O)c(C(=O)CCc3ccc(F)cc3F)cn21. The van der Waals surface area contributed by atoms with Crippen LogP contribution in [0, 0.1) is 11.6 Å². The molecule has 0 radical (unpaired) electrons. The van der Waals surface area contributed by atoms with Gasteiger partial charge in [0.25, 0.3) is 5.91 Å². The van der Waals surface area contributed by atoms with Gasteiger partial charge in [-0.05, 0) is 18.1 Å². The maximum Gasteiger partial charge on any atom is 0.277 e. The highest BCUT2D eigenvalue weighted by Crippen LogP contribution is 2.22. The van der Waals surface area contributed by atoms with E-state index in [4.69, 9.17) is 4.74 Å². The van der Waals surface area contributed by atoms with Crippen molar-refractivity contribution < 1.29 is 33.0 Å². The molecule has 0 fully saturated rings. The normalized spacial score (nSPS) is 13.1. The number of aromatic hydroxyl groups is 1. The van der Waals surface area contributed by atoms with Gasteiger partial charge in [0.05, 0.1) is 12.2 Å². The smallest absolute Gasteiger partial charge is 0.277 e. The van der Waals surface area contributed by atoms with E-state index in [0.29, 0.717) is 6.07 Å². The van der Waals surface area contributed by atoms with Gasteiger partial charge in [-0.1, -0.05) is 6.07 Å². The molecule has 10 nitrogen and oxygen atoms in total.